The molecule has 8 heteroatoms. The molecular weight excluding hydrogens is 301 g/mol. The van der Waals surface area contributed by atoms with Gasteiger partial charge in [-0.15, -0.1) is 5.10 Å². The van der Waals surface area contributed by atoms with Gasteiger partial charge in [-0.3, -0.25) is 9.59 Å². The molecule has 5 nitrogen and oxygen atoms in total. The predicted molar refractivity (Wildman–Crippen MR) is 70.9 cm³/mol. The maximum Gasteiger partial charge on any atom is 0.416 e. The van der Waals surface area contributed by atoms with Crippen molar-refractivity contribution < 1.29 is 22.7 Å². The Bertz CT molecular complexity index is 782. The number of benzene rings is 1. The lowest BCUT2D eigenvalue weighted by Gasteiger charge is -2.13. The number of aromatic nitrogens is 2. The van der Waals surface area contributed by atoms with E-state index in [0.717, 1.165) is 29.8 Å². The zero-order valence-corrected chi connectivity index (χ0v) is 11.6. The lowest BCUT2D eigenvalue weighted by molar-refractivity contribution is -0.137. The zero-order valence-electron chi connectivity index (χ0n) is 11.6. The zero-order chi connectivity index (χ0) is 16.5. The maximum atomic E-state index is 12.8. The van der Waals surface area contributed by atoms with Crippen molar-refractivity contribution in [3.63, 3.8) is 0 Å². The van der Waals surface area contributed by atoms with Crippen molar-refractivity contribution in [1.82, 2.24) is 9.78 Å². The van der Waals surface area contributed by atoms with Gasteiger partial charge in [0.15, 0.2) is 0 Å². The molecule has 0 unspecified atom stereocenters. The van der Waals surface area contributed by atoms with Gasteiger partial charge in [-0.05, 0) is 25.1 Å². The third-order valence-corrected chi connectivity index (χ3v) is 2.73. The van der Waals surface area contributed by atoms with E-state index in [2.05, 4.69) is 9.84 Å². The van der Waals surface area contributed by atoms with Crippen molar-refractivity contribution in [3.8, 4) is 11.6 Å². The van der Waals surface area contributed by atoms with E-state index in [1.165, 1.54) is 19.1 Å². The minimum Gasteiger partial charge on any atom is -0.402 e. The normalized spacial score (nSPS) is 11.3. The second kappa shape index (κ2) is 5.63. The van der Waals surface area contributed by atoms with E-state index in [9.17, 15) is 22.8 Å². The largest absolute Gasteiger partial charge is 0.416 e. The Morgan fingerprint density at radius 2 is 1.95 bits per heavy atom. The molecule has 22 heavy (non-hydrogen) atoms. The Balaban J connectivity index is 2.57. The SMILES string of the molecule is CC(=O)Oc1nn(-c2cccc(C(F)(F)F)c2)c(C)cc1=O. The average Bonchev–Trinajstić information content (AvgIpc) is 2.40. The first-order chi connectivity index (χ1) is 10.2. The van der Waals surface area contributed by atoms with Crippen LogP contribution in [0.25, 0.3) is 5.69 Å². The first-order valence-electron chi connectivity index (χ1n) is 6.15. The molecule has 2 rings (SSSR count). The van der Waals surface area contributed by atoms with Crippen molar-refractivity contribution >= 4 is 5.97 Å². The fraction of sp³-hybridized carbons (Fsp3) is 0.214. The summed E-state index contributed by atoms with van der Waals surface area (Å²) in [5, 5.41) is 3.80. The minimum atomic E-state index is -4.50. The van der Waals surface area contributed by atoms with E-state index in [4.69, 9.17) is 0 Å². The topological polar surface area (TPSA) is 61.2 Å². The first kappa shape index (κ1) is 15.7. The maximum absolute atomic E-state index is 12.8. The van der Waals surface area contributed by atoms with Gasteiger partial charge < -0.3 is 4.74 Å². The Morgan fingerprint density at radius 3 is 2.55 bits per heavy atom. The summed E-state index contributed by atoms with van der Waals surface area (Å²) in [6, 6.07) is 5.57. The van der Waals surface area contributed by atoms with Crippen LogP contribution < -0.4 is 10.2 Å². The summed E-state index contributed by atoms with van der Waals surface area (Å²) in [6.07, 6.45) is -4.50. The predicted octanol–water partition coefficient (Wildman–Crippen LogP) is 2.49. The van der Waals surface area contributed by atoms with E-state index in [0.29, 0.717) is 5.69 Å². The van der Waals surface area contributed by atoms with Gasteiger partial charge in [-0.2, -0.15) is 13.2 Å². The highest BCUT2D eigenvalue weighted by atomic mass is 19.4. The third kappa shape index (κ3) is 3.33. The molecule has 1 aromatic heterocycles. The number of hydrogen-bond donors (Lipinski definition) is 0. The van der Waals surface area contributed by atoms with E-state index < -0.39 is 29.0 Å². The molecule has 0 aliphatic carbocycles. The molecule has 2 aromatic rings. The number of carbonyl (C=O) groups excluding carboxylic acids is 1. The van der Waals surface area contributed by atoms with Crippen LogP contribution in [-0.4, -0.2) is 15.7 Å². The summed E-state index contributed by atoms with van der Waals surface area (Å²) in [6.45, 7) is 2.60. The van der Waals surface area contributed by atoms with Crippen LogP contribution in [0.1, 0.15) is 18.2 Å². The Hall–Kier alpha value is -2.64. The number of halogens is 3. The molecule has 0 saturated heterocycles. The van der Waals surface area contributed by atoms with Gasteiger partial charge in [-0.25, -0.2) is 4.68 Å². The second-order valence-corrected chi connectivity index (χ2v) is 4.51. The van der Waals surface area contributed by atoms with Gasteiger partial charge in [0.05, 0.1) is 11.3 Å². The van der Waals surface area contributed by atoms with Crippen LogP contribution in [-0.2, 0) is 11.0 Å². The standard InChI is InChI=1S/C14H11F3N2O3/c1-8-6-12(21)13(22-9(2)20)18-19(8)11-5-3-4-10(7-11)14(15,16)17/h3-7H,1-2H3. The van der Waals surface area contributed by atoms with Crippen LogP contribution in [0, 0.1) is 6.92 Å². The van der Waals surface area contributed by atoms with Gasteiger partial charge in [-0.1, -0.05) is 6.07 Å². The number of carbonyl (C=O) groups is 1. The highest BCUT2D eigenvalue weighted by Gasteiger charge is 2.30. The Labute approximate surface area is 122 Å². The lowest BCUT2D eigenvalue weighted by atomic mass is 10.2. The van der Waals surface area contributed by atoms with Crippen molar-refractivity contribution in [2.75, 3.05) is 0 Å². The van der Waals surface area contributed by atoms with Gasteiger partial charge in [0.2, 0.25) is 5.43 Å². The molecule has 1 aromatic carbocycles. The fourth-order valence-corrected chi connectivity index (χ4v) is 1.81. The van der Waals surface area contributed by atoms with Crippen LogP contribution in [0.15, 0.2) is 35.1 Å². The Morgan fingerprint density at radius 1 is 1.27 bits per heavy atom. The molecule has 116 valence electrons. The molecular formula is C14H11F3N2O3. The Kier molecular flexibility index (Phi) is 4.03. The van der Waals surface area contributed by atoms with Crippen molar-refractivity contribution in [2.24, 2.45) is 0 Å². The number of rotatable bonds is 2. The molecule has 0 bridgehead atoms. The highest BCUT2D eigenvalue weighted by Crippen LogP contribution is 2.30. The van der Waals surface area contributed by atoms with Crippen molar-refractivity contribution in [3.05, 3.63) is 51.8 Å². The van der Waals surface area contributed by atoms with Crippen LogP contribution in [0.4, 0.5) is 13.2 Å². The summed E-state index contributed by atoms with van der Waals surface area (Å²) < 4.78 is 44.0. The fourth-order valence-electron chi connectivity index (χ4n) is 1.81. The number of esters is 1. The highest BCUT2D eigenvalue weighted by molar-refractivity contribution is 5.68. The van der Waals surface area contributed by atoms with Gasteiger partial charge in [0.1, 0.15) is 0 Å². The summed E-state index contributed by atoms with van der Waals surface area (Å²) >= 11 is 0. The minimum absolute atomic E-state index is 0.0979. The lowest BCUT2D eigenvalue weighted by Crippen LogP contribution is -2.19. The molecule has 0 N–H and O–H groups in total. The van der Waals surface area contributed by atoms with E-state index in [-0.39, 0.29) is 5.69 Å². The molecule has 0 aliphatic rings. The monoisotopic (exact) mass is 312 g/mol. The quantitative estimate of drug-likeness (QED) is 0.799. The number of aryl methyl sites for hydroxylation is 1. The molecule has 0 fully saturated rings. The molecule has 0 amide bonds. The molecule has 0 spiro atoms. The summed E-state index contributed by atoms with van der Waals surface area (Å²) in [4.78, 5) is 22.6. The molecule has 0 radical (unpaired) electrons. The van der Waals surface area contributed by atoms with E-state index in [1.54, 1.807) is 0 Å². The second-order valence-electron chi connectivity index (χ2n) is 4.51. The van der Waals surface area contributed by atoms with E-state index in [1.807, 2.05) is 0 Å². The number of alkyl halides is 3. The first-order valence-corrected chi connectivity index (χ1v) is 6.15. The van der Waals surface area contributed by atoms with E-state index >= 15 is 0 Å². The van der Waals surface area contributed by atoms with Crippen LogP contribution in [0.3, 0.4) is 0 Å². The molecule has 0 aliphatic heterocycles. The summed E-state index contributed by atoms with van der Waals surface area (Å²) in [7, 11) is 0. The van der Waals surface area contributed by atoms with Crippen molar-refractivity contribution in [1.29, 1.82) is 0 Å². The summed E-state index contributed by atoms with van der Waals surface area (Å²) in [5.41, 5.74) is -1.07. The smallest absolute Gasteiger partial charge is 0.402 e. The van der Waals surface area contributed by atoms with Crippen LogP contribution >= 0.6 is 0 Å². The summed E-state index contributed by atoms with van der Waals surface area (Å²) in [5.74, 6) is -1.24. The number of ether oxygens (including phenoxy) is 1. The average molecular weight is 312 g/mol. The third-order valence-electron chi connectivity index (χ3n) is 2.73. The van der Waals surface area contributed by atoms with Gasteiger partial charge in [0, 0.05) is 18.7 Å². The molecule has 0 saturated carbocycles. The van der Waals surface area contributed by atoms with Crippen LogP contribution in [0.5, 0.6) is 5.88 Å². The molecule has 0 atom stereocenters. The van der Waals surface area contributed by atoms with Gasteiger partial charge >= 0.3 is 12.1 Å². The number of hydrogen-bond acceptors (Lipinski definition) is 4. The van der Waals surface area contributed by atoms with Crippen LogP contribution in [0.2, 0.25) is 0 Å². The van der Waals surface area contributed by atoms with Crippen molar-refractivity contribution in [2.45, 2.75) is 20.0 Å². The molecule has 1 heterocycles. The van der Waals surface area contributed by atoms with Gasteiger partial charge in [0.25, 0.3) is 5.88 Å². The number of nitrogens with zero attached hydrogens (tertiary/aromatic N) is 2.